The summed E-state index contributed by atoms with van der Waals surface area (Å²) in [5.41, 5.74) is 2.33. The summed E-state index contributed by atoms with van der Waals surface area (Å²) in [6.45, 7) is 4.26. The molecule has 1 rings (SSSR count). The third kappa shape index (κ3) is 2.32. The molecule has 4 heteroatoms. The highest BCUT2D eigenvalue weighted by molar-refractivity contribution is 7.13. The van der Waals surface area contributed by atoms with E-state index in [-0.39, 0.29) is 5.91 Å². The molecule has 0 bridgehead atoms. The van der Waals surface area contributed by atoms with Gasteiger partial charge in [-0.1, -0.05) is 0 Å². The average Bonchev–Trinajstić information content (AvgIpc) is 2.47. The maximum atomic E-state index is 11.2. The number of thiophene rings is 1. The van der Waals surface area contributed by atoms with E-state index < -0.39 is 0 Å². The van der Waals surface area contributed by atoms with E-state index >= 15 is 0 Å². The number of carbonyl (C=O) groups is 1. The summed E-state index contributed by atoms with van der Waals surface area (Å²) in [5.74, 6) is -0.171. The number of rotatable bonds is 3. The molecule has 0 atom stereocenters. The normalized spacial score (nSPS) is 9.83. The highest BCUT2D eigenvalue weighted by atomic mass is 32.1. The van der Waals surface area contributed by atoms with Gasteiger partial charge in [-0.25, -0.2) is 5.48 Å². The minimum Gasteiger partial charge on any atom is -0.274 e. The van der Waals surface area contributed by atoms with Crippen molar-refractivity contribution in [3.8, 4) is 0 Å². The van der Waals surface area contributed by atoms with Crippen molar-refractivity contribution in [2.75, 3.05) is 6.61 Å². The van der Waals surface area contributed by atoms with E-state index in [1.807, 2.05) is 19.9 Å². The van der Waals surface area contributed by atoms with Crippen LogP contribution in [0.2, 0.25) is 0 Å². The summed E-state index contributed by atoms with van der Waals surface area (Å²) in [6.07, 6.45) is 0. The summed E-state index contributed by atoms with van der Waals surface area (Å²) in [4.78, 5) is 17.8. The molecule has 66 valence electrons. The fourth-order valence-electron chi connectivity index (χ4n) is 0.745. The number of hydrogen-bond acceptors (Lipinski definition) is 3. The van der Waals surface area contributed by atoms with Crippen LogP contribution < -0.4 is 5.48 Å². The maximum absolute atomic E-state index is 11.2. The molecule has 1 amide bonds. The van der Waals surface area contributed by atoms with Crippen LogP contribution in [-0.4, -0.2) is 12.5 Å². The van der Waals surface area contributed by atoms with Crippen molar-refractivity contribution in [3.05, 3.63) is 21.9 Å². The Morgan fingerprint density at radius 2 is 2.42 bits per heavy atom. The van der Waals surface area contributed by atoms with Crippen LogP contribution >= 0.6 is 11.3 Å². The predicted molar refractivity (Wildman–Crippen MR) is 48.1 cm³/mol. The SMILES string of the molecule is CCONC(=O)c1ccc(C)s1. The van der Waals surface area contributed by atoms with Crippen LogP contribution in [0.1, 0.15) is 21.5 Å². The Morgan fingerprint density at radius 1 is 1.67 bits per heavy atom. The molecule has 3 nitrogen and oxygen atoms in total. The highest BCUT2D eigenvalue weighted by Crippen LogP contribution is 2.14. The molecule has 0 spiro atoms. The monoisotopic (exact) mass is 185 g/mol. The zero-order valence-electron chi connectivity index (χ0n) is 7.09. The standard InChI is InChI=1S/C8H11NO2S/c1-3-11-9-8(10)7-5-4-6(2)12-7/h4-5H,3H2,1-2H3,(H,9,10). The van der Waals surface area contributed by atoms with E-state index in [2.05, 4.69) is 5.48 Å². The molecule has 0 aliphatic heterocycles. The lowest BCUT2D eigenvalue weighted by Crippen LogP contribution is -2.22. The second-order valence-electron chi connectivity index (χ2n) is 2.27. The summed E-state index contributed by atoms with van der Waals surface area (Å²) in [5, 5.41) is 0. The Bertz CT molecular complexity index is 270. The van der Waals surface area contributed by atoms with Gasteiger partial charge in [-0.05, 0) is 26.0 Å². The minimum atomic E-state index is -0.171. The van der Waals surface area contributed by atoms with Gasteiger partial charge >= 0.3 is 0 Å². The number of hydrogen-bond donors (Lipinski definition) is 1. The molecule has 1 aromatic heterocycles. The fourth-order valence-corrected chi connectivity index (χ4v) is 1.50. The van der Waals surface area contributed by atoms with Crippen molar-refractivity contribution in [2.24, 2.45) is 0 Å². The van der Waals surface area contributed by atoms with Crippen molar-refractivity contribution < 1.29 is 9.63 Å². The molecule has 1 heterocycles. The molecule has 1 aromatic rings. The van der Waals surface area contributed by atoms with E-state index in [0.717, 1.165) is 4.88 Å². The van der Waals surface area contributed by atoms with Crippen molar-refractivity contribution >= 4 is 17.2 Å². The van der Waals surface area contributed by atoms with Crippen LogP contribution in [0.4, 0.5) is 0 Å². The third-order valence-corrected chi connectivity index (χ3v) is 2.27. The van der Waals surface area contributed by atoms with Gasteiger partial charge in [-0.15, -0.1) is 11.3 Å². The smallest absolute Gasteiger partial charge is 0.274 e. The molecule has 1 N–H and O–H groups in total. The number of nitrogens with one attached hydrogen (secondary N) is 1. The van der Waals surface area contributed by atoms with E-state index in [1.54, 1.807) is 6.07 Å². The lowest BCUT2D eigenvalue weighted by molar-refractivity contribution is 0.0368. The van der Waals surface area contributed by atoms with Crippen LogP contribution in [0.15, 0.2) is 12.1 Å². The molecular formula is C8H11NO2S. The summed E-state index contributed by atoms with van der Waals surface area (Å²) >= 11 is 1.45. The molecular weight excluding hydrogens is 174 g/mol. The van der Waals surface area contributed by atoms with Gasteiger partial charge in [0.05, 0.1) is 11.5 Å². The minimum absolute atomic E-state index is 0.171. The van der Waals surface area contributed by atoms with Gasteiger partial charge in [0.25, 0.3) is 5.91 Å². The zero-order chi connectivity index (χ0) is 8.97. The summed E-state index contributed by atoms with van der Waals surface area (Å²) in [6, 6.07) is 3.69. The Balaban J connectivity index is 2.53. The Morgan fingerprint density at radius 3 is 2.92 bits per heavy atom. The van der Waals surface area contributed by atoms with Gasteiger partial charge in [0.15, 0.2) is 0 Å². The van der Waals surface area contributed by atoms with Crippen LogP contribution in [0.3, 0.4) is 0 Å². The number of carbonyl (C=O) groups excluding carboxylic acids is 1. The molecule has 0 saturated carbocycles. The topological polar surface area (TPSA) is 38.3 Å². The van der Waals surface area contributed by atoms with Gasteiger partial charge in [0.1, 0.15) is 0 Å². The van der Waals surface area contributed by atoms with Gasteiger partial charge < -0.3 is 0 Å². The van der Waals surface area contributed by atoms with Gasteiger partial charge in [0.2, 0.25) is 0 Å². The van der Waals surface area contributed by atoms with Gasteiger partial charge in [-0.2, -0.15) is 0 Å². The van der Waals surface area contributed by atoms with E-state index in [4.69, 9.17) is 4.84 Å². The first kappa shape index (κ1) is 9.22. The molecule has 0 aliphatic carbocycles. The highest BCUT2D eigenvalue weighted by Gasteiger charge is 2.06. The number of aryl methyl sites for hydroxylation is 1. The van der Waals surface area contributed by atoms with Crippen molar-refractivity contribution in [3.63, 3.8) is 0 Å². The zero-order valence-corrected chi connectivity index (χ0v) is 7.90. The van der Waals surface area contributed by atoms with Gasteiger partial charge in [0, 0.05) is 4.88 Å². The quantitative estimate of drug-likeness (QED) is 0.728. The van der Waals surface area contributed by atoms with Crippen molar-refractivity contribution in [1.29, 1.82) is 0 Å². The largest absolute Gasteiger partial charge is 0.284 e. The second kappa shape index (κ2) is 4.23. The average molecular weight is 185 g/mol. The van der Waals surface area contributed by atoms with Crippen LogP contribution in [0.5, 0.6) is 0 Å². The third-order valence-electron chi connectivity index (χ3n) is 1.27. The molecule has 0 aliphatic rings. The lowest BCUT2D eigenvalue weighted by Gasteiger charge is -1.99. The van der Waals surface area contributed by atoms with Crippen molar-refractivity contribution in [1.82, 2.24) is 5.48 Å². The van der Waals surface area contributed by atoms with Crippen LogP contribution in [0.25, 0.3) is 0 Å². The first-order valence-corrected chi connectivity index (χ1v) is 4.54. The molecule has 0 radical (unpaired) electrons. The molecule has 0 saturated heterocycles. The Hall–Kier alpha value is -0.870. The maximum Gasteiger partial charge on any atom is 0.284 e. The lowest BCUT2D eigenvalue weighted by atomic mass is 10.4. The molecule has 0 unspecified atom stereocenters. The molecule has 0 aromatic carbocycles. The summed E-state index contributed by atoms with van der Waals surface area (Å²) in [7, 11) is 0. The number of hydroxylamine groups is 1. The van der Waals surface area contributed by atoms with E-state index in [9.17, 15) is 4.79 Å². The molecule has 12 heavy (non-hydrogen) atoms. The molecule has 0 fully saturated rings. The Labute approximate surface area is 75.3 Å². The van der Waals surface area contributed by atoms with E-state index in [0.29, 0.717) is 11.5 Å². The first-order chi connectivity index (χ1) is 5.74. The van der Waals surface area contributed by atoms with E-state index in [1.165, 1.54) is 11.3 Å². The second-order valence-corrected chi connectivity index (χ2v) is 3.56. The first-order valence-electron chi connectivity index (χ1n) is 3.72. The van der Waals surface area contributed by atoms with Crippen LogP contribution in [0, 0.1) is 6.92 Å². The summed E-state index contributed by atoms with van der Waals surface area (Å²) < 4.78 is 0. The predicted octanol–water partition coefficient (Wildman–Crippen LogP) is 1.74. The fraction of sp³-hybridized carbons (Fsp3) is 0.375. The van der Waals surface area contributed by atoms with Gasteiger partial charge in [-0.3, -0.25) is 9.63 Å². The van der Waals surface area contributed by atoms with Crippen molar-refractivity contribution in [2.45, 2.75) is 13.8 Å². The Kier molecular flexibility index (Phi) is 3.25. The number of amides is 1. The van der Waals surface area contributed by atoms with Crippen LogP contribution in [-0.2, 0) is 4.84 Å².